The second-order valence-corrected chi connectivity index (χ2v) is 11.0. The van der Waals surface area contributed by atoms with Crippen molar-refractivity contribution in [3.8, 4) is 45.2 Å². The molecule has 0 atom stereocenters. The Morgan fingerprint density at radius 3 is 1.50 bits per heavy atom. The van der Waals surface area contributed by atoms with E-state index in [-0.39, 0.29) is 10.8 Å². The van der Waals surface area contributed by atoms with E-state index in [9.17, 15) is 0 Å². The molecule has 2 aliphatic carbocycles. The number of hydrogen-bond donors (Lipinski definition) is 0. The Morgan fingerprint density at radius 1 is 0.529 bits per heavy atom. The van der Waals surface area contributed by atoms with Gasteiger partial charge in [-0.15, -0.1) is 5.92 Å². The molecule has 0 spiro atoms. The minimum atomic E-state index is -0.0458. The van der Waals surface area contributed by atoms with E-state index in [0.717, 1.165) is 5.56 Å². The summed E-state index contributed by atoms with van der Waals surface area (Å²) in [7, 11) is 0. The molecule has 0 fully saturated rings. The summed E-state index contributed by atoms with van der Waals surface area (Å²) in [5, 5.41) is 0. The van der Waals surface area contributed by atoms with Crippen LogP contribution in [0.25, 0.3) is 33.4 Å². The highest BCUT2D eigenvalue weighted by Gasteiger charge is 2.37. The summed E-state index contributed by atoms with van der Waals surface area (Å²) in [5.74, 6) is 6.27. The normalized spacial score (nSPS) is 15.6. The Hall–Kier alpha value is -3.56. The van der Waals surface area contributed by atoms with Crippen LogP contribution in [-0.2, 0) is 10.8 Å². The monoisotopic (exact) mass is 438 g/mol. The Labute approximate surface area is 203 Å². The van der Waals surface area contributed by atoms with Crippen LogP contribution in [0, 0.1) is 18.8 Å². The third-order valence-corrected chi connectivity index (χ3v) is 8.11. The largest absolute Gasteiger partial charge is 0.101 e. The van der Waals surface area contributed by atoms with Crippen LogP contribution in [0.2, 0.25) is 0 Å². The number of hydrogen-bond acceptors (Lipinski definition) is 0. The van der Waals surface area contributed by atoms with Crippen molar-refractivity contribution in [1.82, 2.24) is 0 Å². The molecule has 0 saturated heterocycles. The van der Waals surface area contributed by atoms with Gasteiger partial charge in [0.15, 0.2) is 0 Å². The van der Waals surface area contributed by atoms with Gasteiger partial charge in [-0.3, -0.25) is 0 Å². The van der Waals surface area contributed by atoms with Crippen LogP contribution in [0.1, 0.15) is 68.0 Å². The molecule has 4 aromatic rings. The fourth-order valence-corrected chi connectivity index (χ4v) is 6.17. The molecule has 2 aliphatic rings. The molecule has 0 aromatic heterocycles. The lowest BCUT2D eigenvalue weighted by Crippen LogP contribution is -2.15. The molecular formula is C34H30. The van der Waals surface area contributed by atoms with Crippen LogP contribution in [-0.4, -0.2) is 0 Å². The standard InChI is InChI=1S/C34H30/c1-7-8-22-10-14-26-28-16-12-24(20-32(28)34(5,6)30(26)18-22)23-11-15-27-25-13-9-21(2)17-29(25)33(3,4)31(27)19-23/h9-20H,1-6H3. The molecule has 166 valence electrons. The Bertz CT molecular complexity index is 1560. The molecule has 0 unspecified atom stereocenters. The van der Waals surface area contributed by atoms with E-state index >= 15 is 0 Å². The first kappa shape index (κ1) is 21.0. The van der Waals surface area contributed by atoms with Crippen LogP contribution in [0.3, 0.4) is 0 Å². The second kappa shape index (κ2) is 6.97. The minimum absolute atomic E-state index is 0.00957. The van der Waals surface area contributed by atoms with E-state index in [1.54, 1.807) is 0 Å². The van der Waals surface area contributed by atoms with E-state index < -0.39 is 0 Å². The second-order valence-electron chi connectivity index (χ2n) is 11.0. The highest BCUT2D eigenvalue weighted by atomic mass is 14.4. The molecule has 0 nitrogen and oxygen atoms in total. The number of benzene rings is 4. The molecule has 0 saturated carbocycles. The summed E-state index contributed by atoms with van der Waals surface area (Å²) in [5.41, 5.74) is 16.1. The van der Waals surface area contributed by atoms with Gasteiger partial charge in [-0.2, -0.15) is 0 Å². The van der Waals surface area contributed by atoms with Gasteiger partial charge in [-0.05, 0) is 93.7 Å². The van der Waals surface area contributed by atoms with E-state index in [1.807, 2.05) is 6.92 Å². The van der Waals surface area contributed by atoms with Crippen LogP contribution in [0.4, 0.5) is 0 Å². The zero-order chi connectivity index (χ0) is 23.8. The number of fused-ring (bicyclic) bond motifs is 6. The summed E-state index contributed by atoms with van der Waals surface area (Å²) in [6.45, 7) is 13.5. The fourth-order valence-electron chi connectivity index (χ4n) is 6.17. The molecule has 0 amide bonds. The molecular weight excluding hydrogens is 408 g/mol. The van der Waals surface area contributed by atoms with Crippen molar-refractivity contribution in [3.63, 3.8) is 0 Å². The van der Waals surface area contributed by atoms with Gasteiger partial charge in [0.1, 0.15) is 0 Å². The Kier molecular flexibility index (Phi) is 4.31. The highest BCUT2D eigenvalue weighted by molar-refractivity contribution is 5.86. The summed E-state index contributed by atoms with van der Waals surface area (Å²) in [6.07, 6.45) is 0. The quantitative estimate of drug-likeness (QED) is 0.261. The molecule has 4 aromatic carbocycles. The lowest BCUT2D eigenvalue weighted by Gasteiger charge is -2.23. The topological polar surface area (TPSA) is 0 Å². The highest BCUT2D eigenvalue weighted by Crippen LogP contribution is 2.52. The summed E-state index contributed by atoms with van der Waals surface area (Å²) < 4.78 is 0. The predicted molar refractivity (Wildman–Crippen MR) is 144 cm³/mol. The van der Waals surface area contributed by atoms with Gasteiger partial charge >= 0.3 is 0 Å². The fraction of sp³-hybridized carbons (Fsp3) is 0.235. The zero-order valence-corrected chi connectivity index (χ0v) is 20.9. The first-order chi connectivity index (χ1) is 16.2. The van der Waals surface area contributed by atoms with Gasteiger partial charge in [-0.25, -0.2) is 0 Å². The molecule has 6 rings (SSSR count). The SMILES string of the molecule is CC#Cc1ccc2c(c1)C(C)(C)c1cc(-c3ccc4c(c3)C(C)(C)c3cc(C)ccc3-4)ccc1-2. The lowest BCUT2D eigenvalue weighted by molar-refractivity contribution is 0.659. The van der Waals surface area contributed by atoms with E-state index in [4.69, 9.17) is 0 Å². The van der Waals surface area contributed by atoms with Crippen LogP contribution >= 0.6 is 0 Å². The number of rotatable bonds is 1. The minimum Gasteiger partial charge on any atom is -0.101 e. The molecule has 0 heteroatoms. The molecule has 0 aliphatic heterocycles. The van der Waals surface area contributed by atoms with Crippen LogP contribution < -0.4 is 0 Å². The average molecular weight is 439 g/mol. The smallest absolute Gasteiger partial charge is 0.0248 e. The maximum absolute atomic E-state index is 3.23. The number of aryl methyl sites for hydroxylation is 1. The Balaban J connectivity index is 1.47. The third-order valence-electron chi connectivity index (χ3n) is 8.11. The lowest BCUT2D eigenvalue weighted by atomic mass is 9.80. The van der Waals surface area contributed by atoms with Crippen LogP contribution in [0.15, 0.2) is 72.8 Å². The zero-order valence-electron chi connectivity index (χ0n) is 20.9. The predicted octanol–water partition coefficient (Wildman–Crippen LogP) is 8.65. The molecule has 0 bridgehead atoms. The summed E-state index contributed by atoms with van der Waals surface area (Å²) in [6, 6.07) is 27.7. The maximum Gasteiger partial charge on any atom is 0.0248 e. The van der Waals surface area contributed by atoms with Crippen molar-refractivity contribution in [2.75, 3.05) is 0 Å². The molecule has 0 heterocycles. The van der Waals surface area contributed by atoms with Gasteiger partial charge in [0.2, 0.25) is 0 Å². The molecule has 34 heavy (non-hydrogen) atoms. The van der Waals surface area contributed by atoms with Gasteiger partial charge in [0.25, 0.3) is 0 Å². The summed E-state index contributed by atoms with van der Waals surface area (Å²) in [4.78, 5) is 0. The van der Waals surface area contributed by atoms with Crippen molar-refractivity contribution in [2.24, 2.45) is 0 Å². The van der Waals surface area contributed by atoms with E-state index in [1.165, 1.54) is 61.2 Å². The molecule has 0 N–H and O–H groups in total. The van der Waals surface area contributed by atoms with Gasteiger partial charge in [0, 0.05) is 16.4 Å². The first-order valence-electron chi connectivity index (χ1n) is 12.2. The van der Waals surface area contributed by atoms with Crippen molar-refractivity contribution >= 4 is 0 Å². The van der Waals surface area contributed by atoms with Gasteiger partial charge in [-0.1, -0.05) is 87.7 Å². The van der Waals surface area contributed by atoms with E-state index in [2.05, 4.69) is 119 Å². The average Bonchev–Trinajstić information content (AvgIpc) is 3.18. The van der Waals surface area contributed by atoms with Crippen molar-refractivity contribution < 1.29 is 0 Å². The van der Waals surface area contributed by atoms with Crippen molar-refractivity contribution in [2.45, 2.75) is 52.4 Å². The van der Waals surface area contributed by atoms with Crippen LogP contribution in [0.5, 0.6) is 0 Å². The van der Waals surface area contributed by atoms with Gasteiger partial charge in [0.05, 0.1) is 0 Å². The van der Waals surface area contributed by atoms with Gasteiger partial charge < -0.3 is 0 Å². The van der Waals surface area contributed by atoms with Crippen molar-refractivity contribution in [3.05, 3.63) is 106 Å². The van der Waals surface area contributed by atoms with Crippen molar-refractivity contribution in [1.29, 1.82) is 0 Å². The third kappa shape index (κ3) is 2.80. The maximum atomic E-state index is 3.23. The van der Waals surface area contributed by atoms with E-state index in [0.29, 0.717) is 0 Å². The summed E-state index contributed by atoms with van der Waals surface area (Å²) >= 11 is 0. The Morgan fingerprint density at radius 2 is 0.971 bits per heavy atom. The molecule has 0 radical (unpaired) electrons. The first-order valence-corrected chi connectivity index (χ1v) is 12.2.